The average molecular weight is 295 g/mol. The SMILES string of the molecule is CN(C)CC1CCN(C2CCC(CO)(NC3CC3)C2)CC1. The maximum atomic E-state index is 9.86. The third-order valence-electron chi connectivity index (χ3n) is 5.76. The van der Waals surface area contributed by atoms with E-state index in [2.05, 4.69) is 29.2 Å². The summed E-state index contributed by atoms with van der Waals surface area (Å²) in [7, 11) is 4.37. The van der Waals surface area contributed by atoms with Crippen LogP contribution in [-0.2, 0) is 0 Å². The van der Waals surface area contributed by atoms with Gasteiger partial charge in [0.2, 0.25) is 0 Å². The van der Waals surface area contributed by atoms with E-state index in [-0.39, 0.29) is 5.54 Å². The van der Waals surface area contributed by atoms with Crippen LogP contribution in [0, 0.1) is 5.92 Å². The van der Waals surface area contributed by atoms with E-state index in [9.17, 15) is 5.11 Å². The van der Waals surface area contributed by atoms with Crippen LogP contribution in [0.25, 0.3) is 0 Å². The van der Waals surface area contributed by atoms with Gasteiger partial charge >= 0.3 is 0 Å². The van der Waals surface area contributed by atoms with Crippen LogP contribution in [0.3, 0.4) is 0 Å². The number of aliphatic hydroxyl groups is 1. The van der Waals surface area contributed by atoms with Crippen molar-refractivity contribution in [1.82, 2.24) is 15.1 Å². The third kappa shape index (κ3) is 3.98. The molecule has 4 nitrogen and oxygen atoms in total. The first-order chi connectivity index (χ1) is 10.1. The molecule has 21 heavy (non-hydrogen) atoms. The Balaban J connectivity index is 1.48. The van der Waals surface area contributed by atoms with Crippen LogP contribution >= 0.6 is 0 Å². The first kappa shape index (κ1) is 15.7. The van der Waals surface area contributed by atoms with Crippen LogP contribution in [0.2, 0.25) is 0 Å². The molecule has 0 radical (unpaired) electrons. The van der Waals surface area contributed by atoms with E-state index in [1.165, 1.54) is 51.7 Å². The summed E-state index contributed by atoms with van der Waals surface area (Å²) in [4.78, 5) is 5.03. The fourth-order valence-corrected chi connectivity index (χ4v) is 4.41. The number of hydrogen-bond acceptors (Lipinski definition) is 4. The standard InChI is InChI=1S/C17H33N3O/c1-19(2)12-14-6-9-20(10-7-14)16-5-8-17(11-16,13-21)18-15-3-4-15/h14-16,18,21H,3-13H2,1-2H3. The number of aliphatic hydroxyl groups excluding tert-OH is 1. The maximum absolute atomic E-state index is 9.86. The lowest BCUT2D eigenvalue weighted by atomic mass is 9.94. The number of hydrogen-bond donors (Lipinski definition) is 2. The highest BCUT2D eigenvalue weighted by Crippen LogP contribution is 2.37. The van der Waals surface area contributed by atoms with Gasteiger partial charge in [0, 0.05) is 24.2 Å². The first-order valence-corrected chi connectivity index (χ1v) is 8.87. The molecule has 2 saturated carbocycles. The lowest BCUT2D eigenvalue weighted by Gasteiger charge is -2.38. The van der Waals surface area contributed by atoms with Crippen molar-refractivity contribution in [1.29, 1.82) is 0 Å². The monoisotopic (exact) mass is 295 g/mol. The Bertz CT molecular complexity index is 337. The Morgan fingerprint density at radius 3 is 2.43 bits per heavy atom. The van der Waals surface area contributed by atoms with E-state index < -0.39 is 0 Å². The second-order valence-electron chi connectivity index (χ2n) is 8.00. The Labute approximate surface area is 129 Å². The van der Waals surface area contributed by atoms with Crippen molar-refractivity contribution in [3.63, 3.8) is 0 Å². The van der Waals surface area contributed by atoms with Gasteiger partial charge in [0.1, 0.15) is 0 Å². The van der Waals surface area contributed by atoms with Crippen molar-refractivity contribution in [3.05, 3.63) is 0 Å². The van der Waals surface area contributed by atoms with E-state index in [1.54, 1.807) is 0 Å². The smallest absolute Gasteiger partial charge is 0.0614 e. The normalized spacial score (nSPS) is 35.7. The highest BCUT2D eigenvalue weighted by atomic mass is 16.3. The fraction of sp³-hybridized carbons (Fsp3) is 1.00. The van der Waals surface area contributed by atoms with E-state index in [4.69, 9.17) is 0 Å². The topological polar surface area (TPSA) is 38.7 Å². The van der Waals surface area contributed by atoms with Crippen LogP contribution < -0.4 is 5.32 Å². The summed E-state index contributed by atoms with van der Waals surface area (Å²) in [5.41, 5.74) is 0.0340. The zero-order chi connectivity index (χ0) is 14.9. The van der Waals surface area contributed by atoms with Gasteiger partial charge in [0.05, 0.1) is 6.61 Å². The quantitative estimate of drug-likeness (QED) is 0.775. The predicted octanol–water partition coefficient (Wildman–Crippen LogP) is 1.30. The van der Waals surface area contributed by atoms with E-state index in [0.717, 1.165) is 18.8 Å². The predicted molar refractivity (Wildman–Crippen MR) is 86.5 cm³/mol. The van der Waals surface area contributed by atoms with Crippen molar-refractivity contribution >= 4 is 0 Å². The summed E-state index contributed by atoms with van der Waals surface area (Å²) in [6.45, 7) is 4.07. The van der Waals surface area contributed by atoms with E-state index in [0.29, 0.717) is 18.7 Å². The average Bonchev–Trinajstić information content (AvgIpc) is 3.17. The van der Waals surface area contributed by atoms with Crippen LogP contribution in [0.1, 0.15) is 44.9 Å². The fourth-order valence-electron chi connectivity index (χ4n) is 4.41. The molecule has 2 aliphatic carbocycles. The molecule has 0 aromatic heterocycles. The van der Waals surface area contributed by atoms with E-state index >= 15 is 0 Å². The third-order valence-corrected chi connectivity index (χ3v) is 5.76. The molecule has 0 bridgehead atoms. The van der Waals surface area contributed by atoms with Gasteiger partial charge in [-0.15, -0.1) is 0 Å². The molecule has 0 aromatic carbocycles. The maximum Gasteiger partial charge on any atom is 0.0614 e. The van der Waals surface area contributed by atoms with Crippen molar-refractivity contribution in [2.24, 2.45) is 5.92 Å². The van der Waals surface area contributed by atoms with Crippen LogP contribution in [0.15, 0.2) is 0 Å². The number of nitrogens with zero attached hydrogens (tertiary/aromatic N) is 2. The zero-order valence-corrected chi connectivity index (χ0v) is 13.9. The molecular weight excluding hydrogens is 262 g/mol. The molecule has 1 saturated heterocycles. The number of nitrogens with one attached hydrogen (secondary N) is 1. The minimum atomic E-state index is 0.0340. The van der Waals surface area contributed by atoms with Gasteiger partial charge < -0.3 is 20.2 Å². The molecule has 1 heterocycles. The number of rotatable bonds is 6. The minimum absolute atomic E-state index is 0.0340. The van der Waals surface area contributed by atoms with Gasteiger partial charge in [-0.25, -0.2) is 0 Å². The van der Waals surface area contributed by atoms with Gasteiger partial charge in [0.25, 0.3) is 0 Å². The zero-order valence-electron chi connectivity index (χ0n) is 13.9. The molecule has 0 spiro atoms. The molecule has 2 unspecified atom stereocenters. The van der Waals surface area contributed by atoms with Crippen molar-refractivity contribution in [2.45, 2.75) is 62.6 Å². The molecule has 3 aliphatic rings. The largest absolute Gasteiger partial charge is 0.394 e. The van der Waals surface area contributed by atoms with Gasteiger partial charge in [0.15, 0.2) is 0 Å². The molecule has 122 valence electrons. The molecule has 2 atom stereocenters. The van der Waals surface area contributed by atoms with Gasteiger partial charge in [-0.3, -0.25) is 0 Å². The molecule has 0 amide bonds. The molecule has 3 rings (SSSR count). The summed E-state index contributed by atoms with van der Waals surface area (Å²) >= 11 is 0. The molecule has 1 aliphatic heterocycles. The summed E-state index contributed by atoms with van der Waals surface area (Å²) in [5, 5.41) is 13.6. The van der Waals surface area contributed by atoms with Crippen LogP contribution in [0.4, 0.5) is 0 Å². The lowest BCUT2D eigenvalue weighted by molar-refractivity contribution is 0.106. The lowest BCUT2D eigenvalue weighted by Crippen LogP contribution is -2.50. The summed E-state index contributed by atoms with van der Waals surface area (Å²) in [6, 6.07) is 1.39. The Morgan fingerprint density at radius 2 is 1.86 bits per heavy atom. The van der Waals surface area contributed by atoms with Gasteiger partial charge in [-0.1, -0.05) is 0 Å². The van der Waals surface area contributed by atoms with E-state index in [1.807, 2.05) is 0 Å². The molecule has 3 fully saturated rings. The second kappa shape index (κ2) is 6.53. The molecular formula is C17H33N3O. The van der Waals surface area contributed by atoms with Gasteiger partial charge in [-0.2, -0.15) is 0 Å². The molecule has 4 heteroatoms. The van der Waals surface area contributed by atoms with Gasteiger partial charge in [-0.05, 0) is 78.0 Å². The summed E-state index contributed by atoms with van der Waals surface area (Å²) in [5.74, 6) is 0.879. The number of piperidine rings is 1. The van der Waals surface area contributed by atoms with Crippen LogP contribution in [-0.4, -0.2) is 72.9 Å². The highest BCUT2D eigenvalue weighted by Gasteiger charge is 2.44. The molecule has 0 aromatic rings. The van der Waals surface area contributed by atoms with Crippen molar-refractivity contribution < 1.29 is 5.11 Å². The summed E-state index contributed by atoms with van der Waals surface area (Å²) in [6.07, 6.45) is 8.87. The van der Waals surface area contributed by atoms with Crippen LogP contribution in [0.5, 0.6) is 0 Å². The Hall–Kier alpha value is -0.160. The second-order valence-corrected chi connectivity index (χ2v) is 8.00. The highest BCUT2D eigenvalue weighted by molar-refractivity contribution is 5.03. The van der Waals surface area contributed by atoms with Crippen molar-refractivity contribution in [3.8, 4) is 0 Å². The minimum Gasteiger partial charge on any atom is -0.394 e. The first-order valence-electron chi connectivity index (χ1n) is 8.87. The Kier molecular flexibility index (Phi) is 4.89. The Morgan fingerprint density at radius 1 is 1.14 bits per heavy atom. The molecule has 2 N–H and O–H groups in total. The van der Waals surface area contributed by atoms with Crippen molar-refractivity contribution in [2.75, 3.05) is 40.3 Å². The number of likely N-dealkylation sites (tertiary alicyclic amines) is 1. The summed E-state index contributed by atoms with van der Waals surface area (Å²) < 4.78 is 0.